The van der Waals surface area contributed by atoms with Crippen molar-refractivity contribution in [1.82, 2.24) is 4.90 Å². The second-order valence-electron chi connectivity index (χ2n) is 13.6. The topological polar surface area (TPSA) is 118 Å². The summed E-state index contributed by atoms with van der Waals surface area (Å²) in [4.78, 5) is 26.0. The highest BCUT2D eigenvalue weighted by Gasteiger charge is 2.65. The lowest BCUT2D eigenvalue weighted by Crippen LogP contribution is -2.64. The van der Waals surface area contributed by atoms with Gasteiger partial charge in [0.05, 0.1) is 18.3 Å². The molecule has 4 saturated carbocycles. The molecule has 12 atom stereocenters. The third-order valence-electron chi connectivity index (χ3n) is 12.2. The number of carboxylic acids is 1. The fraction of sp³-hybridized carbons (Fsp3) is 0.931. The van der Waals surface area contributed by atoms with Gasteiger partial charge in [-0.05, 0) is 111 Å². The molecule has 1 saturated heterocycles. The summed E-state index contributed by atoms with van der Waals surface area (Å²) < 4.78 is 0. The Morgan fingerprint density at radius 1 is 0.917 bits per heavy atom. The molecule has 1 heterocycles. The summed E-state index contributed by atoms with van der Waals surface area (Å²) in [7, 11) is 0. The number of aliphatic hydroxyl groups excluding tert-OH is 3. The first-order valence-corrected chi connectivity index (χ1v) is 14.6. The van der Waals surface area contributed by atoms with Gasteiger partial charge in [0.2, 0.25) is 5.91 Å². The summed E-state index contributed by atoms with van der Waals surface area (Å²) in [5, 5.41) is 42.4. The van der Waals surface area contributed by atoms with Crippen LogP contribution in [0.15, 0.2) is 0 Å². The van der Waals surface area contributed by atoms with E-state index in [1.807, 2.05) is 0 Å². The van der Waals surface area contributed by atoms with E-state index in [0.29, 0.717) is 49.5 Å². The van der Waals surface area contributed by atoms with E-state index in [0.717, 1.165) is 51.4 Å². The second kappa shape index (κ2) is 9.53. The predicted molar refractivity (Wildman–Crippen MR) is 135 cm³/mol. The zero-order valence-corrected chi connectivity index (χ0v) is 22.3. The van der Waals surface area contributed by atoms with Crippen molar-refractivity contribution >= 4 is 11.9 Å². The largest absolute Gasteiger partial charge is 0.480 e. The molecule has 1 unspecified atom stereocenters. The maximum atomic E-state index is 12.9. The van der Waals surface area contributed by atoms with Gasteiger partial charge in [-0.2, -0.15) is 0 Å². The first-order chi connectivity index (χ1) is 17.0. The number of hydrogen-bond acceptors (Lipinski definition) is 5. The van der Waals surface area contributed by atoms with Crippen molar-refractivity contribution < 1.29 is 30.0 Å². The van der Waals surface area contributed by atoms with Gasteiger partial charge in [0.25, 0.3) is 0 Å². The number of fused-ring (bicyclic) bond motifs is 5. The van der Waals surface area contributed by atoms with Crippen molar-refractivity contribution in [3.8, 4) is 0 Å². The molecule has 7 heteroatoms. The highest BCUT2D eigenvalue weighted by molar-refractivity contribution is 5.84. The van der Waals surface area contributed by atoms with Gasteiger partial charge < -0.3 is 25.3 Å². The van der Waals surface area contributed by atoms with E-state index in [1.165, 1.54) is 0 Å². The molecule has 0 bridgehead atoms. The zero-order valence-electron chi connectivity index (χ0n) is 22.3. The average molecular weight is 506 g/mol. The van der Waals surface area contributed by atoms with Gasteiger partial charge in [-0.25, -0.2) is 4.79 Å². The van der Waals surface area contributed by atoms with Crippen LogP contribution in [0.2, 0.25) is 0 Å². The molecule has 0 spiro atoms. The Labute approximate surface area is 215 Å². The first-order valence-electron chi connectivity index (χ1n) is 14.6. The van der Waals surface area contributed by atoms with E-state index in [-0.39, 0.29) is 34.7 Å². The molecule has 5 aliphatic rings. The number of aliphatic hydroxyl groups is 3. The maximum absolute atomic E-state index is 12.9. The van der Waals surface area contributed by atoms with Crippen LogP contribution in [0.4, 0.5) is 0 Å². The molecule has 0 aromatic carbocycles. The van der Waals surface area contributed by atoms with Gasteiger partial charge >= 0.3 is 5.97 Å². The molecule has 0 aromatic rings. The van der Waals surface area contributed by atoms with Gasteiger partial charge in [0.1, 0.15) is 6.04 Å². The number of amides is 1. The second-order valence-corrected chi connectivity index (χ2v) is 13.6. The number of carboxylic acid groups (broad SMARTS) is 1. The summed E-state index contributed by atoms with van der Waals surface area (Å²) in [6.07, 6.45) is 7.21. The molecule has 7 nitrogen and oxygen atoms in total. The van der Waals surface area contributed by atoms with Crippen LogP contribution >= 0.6 is 0 Å². The number of carbonyl (C=O) groups is 2. The van der Waals surface area contributed by atoms with Crippen molar-refractivity contribution in [2.75, 3.05) is 6.54 Å². The van der Waals surface area contributed by atoms with Gasteiger partial charge in [-0.15, -0.1) is 0 Å². The lowest BCUT2D eigenvalue weighted by atomic mass is 9.43. The molecular formula is C29H47NO6. The average Bonchev–Trinajstić information content (AvgIpc) is 3.46. The summed E-state index contributed by atoms with van der Waals surface area (Å²) in [5.41, 5.74) is 0.0509. The van der Waals surface area contributed by atoms with E-state index in [1.54, 1.807) is 4.90 Å². The third-order valence-corrected chi connectivity index (χ3v) is 12.2. The van der Waals surface area contributed by atoms with Gasteiger partial charge in [0, 0.05) is 13.0 Å². The molecule has 5 fully saturated rings. The minimum absolute atomic E-state index is 0.0283. The Bertz CT molecular complexity index is 865. The molecule has 1 aliphatic heterocycles. The maximum Gasteiger partial charge on any atom is 0.326 e. The summed E-state index contributed by atoms with van der Waals surface area (Å²) >= 11 is 0. The normalized spacial score (nSPS) is 49.2. The molecule has 5 rings (SSSR count). The van der Waals surface area contributed by atoms with Crippen LogP contribution in [0.25, 0.3) is 0 Å². The van der Waals surface area contributed by atoms with Crippen molar-refractivity contribution in [2.45, 2.75) is 116 Å². The standard InChI is InChI=1S/C29H47NO6/c1-16(6-9-23(32)30-14-4-5-22(30)27(35)36)18-7-8-19-24-20(11-13-28(18,19)2)29(3)12-10-17(31)15-21(29)25(33)26(24)34/h16-22,24-26,31,33-34H,4-15H2,1-3H3,(H,35,36)/t16-,17-,18-,19+,20+,21+,22?,24+,25+,26-,28-,29-/m1/s1. The minimum atomic E-state index is -0.895. The van der Waals surface area contributed by atoms with Crippen molar-refractivity contribution in [2.24, 2.45) is 46.3 Å². The Morgan fingerprint density at radius 2 is 1.61 bits per heavy atom. The molecule has 4 N–H and O–H groups in total. The van der Waals surface area contributed by atoms with Crippen molar-refractivity contribution in [3.63, 3.8) is 0 Å². The van der Waals surface area contributed by atoms with Gasteiger partial charge in [0.15, 0.2) is 0 Å². The summed E-state index contributed by atoms with van der Waals surface area (Å²) in [5.74, 6) is 0.694. The minimum Gasteiger partial charge on any atom is -0.480 e. The molecule has 0 aromatic heterocycles. The molecular weight excluding hydrogens is 458 g/mol. The number of nitrogens with zero attached hydrogens (tertiary/aromatic N) is 1. The van der Waals surface area contributed by atoms with Crippen LogP contribution in [0, 0.1) is 46.3 Å². The van der Waals surface area contributed by atoms with Crippen molar-refractivity contribution in [3.05, 3.63) is 0 Å². The Hall–Kier alpha value is -1.18. The summed E-state index contributed by atoms with van der Waals surface area (Å²) in [6.45, 7) is 7.50. The Morgan fingerprint density at radius 3 is 2.33 bits per heavy atom. The number of carbonyl (C=O) groups excluding carboxylic acids is 1. The quantitative estimate of drug-likeness (QED) is 0.455. The van der Waals surface area contributed by atoms with Crippen LogP contribution in [0.3, 0.4) is 0 Å². The fourth-order valence-corrected chi connectivity index (χ4v) is 10.2. The Balaban J connectivity index is 1.28. The first kappa shape index (κ1) is 26.4. The highest BCUT2D eigenvalue weighted by atomic mass is 16.4. The SMILES string of the molecule is C[C@H](CCC(=O)N1CCCC1C(=O)O)[C@H]1CC[C@H]2[C@@H]3[C@@H](O)[C@@H](O)[C@@H]4C[C@H](O)CC[C@]4(C)[C@H]3CC[C@]12C. The number of likely N-dealkylation sites (tertiary alicyclic amines) is 1. The van der Waals surface area contributed by atoms with E-state index < -0.39 is 24.2 Å². The number of rotatable bonds is 5. The molecule has 36 heavy (non-hydrogen) atoms. The molecule has 1 amide bonds. The van der Waals surface area contributed by atoms with Gasteiger partial charge in [-0.1, -0.05) is 20.8 Å². The van der Waals surface area contributed by atoms with Crippen LogP contribution in [-0.2, 0) is 9.59 Å². The van der Waals surface area contributed by atoms with Crippen LogP contribution in [0.1, 0.15) is 91.4 Å². The smallest absolute Gasteiger partial charge is 0.326 e. The zero-order chi connectivity index (χ0) is 26.0. The molecule has 0 radical (unpaired) electrons. The third kappa shape index (κ3) is 4.03. The van der Waals surface area contributed by atoms with Gasteiger partial charge in [-0.3, -0.25) is 4.79 Å². The molecule has 204 valence electrons. The van der Waals surface area contributed by atoms with Crippen molar-refractivity contribution in [1.29, 1.82) is 0 Å². The summed E-state index contributed by atoms with van der Waals surface area (Å²) in [6, 6.07) is -0.665. The Kier molecular flexibility index (Phi) is 7.00. The number of aliphatic carboxylic acids is 1. The van der Waals surface area contributed by atoms with E-state index in [4.69, 9.17) is 0 Å². The lowest BCUT2D eigenvalue weighted by molar-refractivity contribution is -0.223. The number of hydrogen-bond donors (Lipinski definition) is 4. The fourth-order valence-electron chi connectivity index (χ4n) is 10.2. The van der Waals surface area contributed by atoms with E-state index in [9.17, 15) is 30.0 Å². The monoisotopic (exact) mass is 505 g/mol. The van der Waals surface area contributed by atoms with Crippen LogP contribution < -0.4 is 0 Å². The lowest BCUT2D eigenvalue weighted by Gasteiger charge is -2.63. The van der Waals surface area contributed by atoms with Crippen LogP contribution in [-0.4, -0.2) is 68.1 Å². The van der Waals surface area contributed by atoms with Crippen LogP contribution in [0.5, 0.6) is 0 Å². The highest BCUT2D eigenvalue weighted by Crippen LogP contribution is 2.68. The predicted octanol–water partition coefficient (Wildman–Crippen LogP) is 3.44. The molecule has 4 aliphatic carbocycles. The van der Waals surface area contributed by atoms with E-state index >= 15 is 0 Å². The van der Waals surface area contributed by atoms with E-state index in [2.05, 4.69) is 20.8 Å².